The Morgan fingerprint density at radius 3 is 1.83 bits per heavy atom. The number of carbonyl (C=O) groups is 2. The number of anilines is 1. The molecule has 0 fully saturated rings. The van der Waals surface area contributed by atoms with Crippen LogP contribution in [0.2, 0.25) is 0 Å². The first kappa shape index (κ1) is 35.1. The number of nitro groups is 1. The average Bonchev–Trinajstić information content (AvgIpc) is 3.09. The standard InChI is InChI=1S/C18H19N3O3.C18H23N3O/c1-3-20(4-2)18(22)15-10-12-16(19-13-15)11-9-14-7-5-6-8-17(14)21(23)24;1-3-21(4-2)18(22)15-10-12-16(20-13-15)11-9-14-7-5-6-8-17(14)19/h5-13H,3-4H2,1-2H3;5-8,10,12-13H,3-4,9,11,19H2,1-2H3. The molecule has 2 N–H and O–H groups in total. The molecule has 10 nitrogen and oxygen atoms in total. The Hall–Kier alpha value is -5.38. The molecule has 0 aliphatic rings. The number of nitro benzene ring substituents is 1. The fraction of sp³-hybridized carbons (Fsp3) is 0.278. The highest BCUT2D eigenvalue weighted by atomic mass is 16.6. The lowest BCUT2D eigenvalue weighted by Gasteiger charge is -2.18. The van der Waals surface area contributed by atoms with Crippen molar-refractivity contribution in [1.82, 2.24) is 19.8 Å². The zero-order valence-corrected chi connectivity index (χ0v) is 26.9. The van der Waals surface area contributed by atoms with E-state index in [1.807, 2.05) is 64.1 Å². The fourth-order valence-electron chi connectivity index (χ4n) is 4.71. The smallest absolute Gasteiger partial charge is 0.276 e. The van der Waals surface area contributed by atoms with Crippen molar-refractivity contribution < 1.29 is 14.5 Å². The summed E-state index contributed by atoms with van der Waals surface area (Å²) in [4.78, 5) is 47.1. The molecule has 0 aliphatic carbocycles. The molecule has 4 aromatic rings. The monoisotopic (exact) mass is 622 g/mol. The van der Waals surface area contributed by atoms with Crippen LogP contribution < -0.4 is 5.73 Å². The van der Waals surface area contributed by atoms with Crippen molar-refractivity contribution in [1.29, 1.82) is 0 Å². The Morgan fingerprint density at radius 2 is 1.30 bits per heavy atom. The number of aromatic nitrogens is 2. The predicted octanol–water partition coefficient (Wildman–Crippen LogP) is 6.57. The number of para-hydroxylation sites is 2. The third kappa shape index (κ3) is 9.82. The molecule has 0 spiro atoms. The van der Waals surface area contributed by atoms with Crippen molar-refractivity contribution in [3.05, 3.63) is 129 Å². The van der Waals surface area contributed by atoms with Crippen LogP contribution in [0.25, 0.3) is 12.2 Å². The van der Waals surface area contributed by atoms with Gasteiger partial charge in [-0.15, -0.1) is 0 Å². The summed E-state index contributed by atoms with van der Waals surface area (Å²) >= 11 is 0. The van der Waals surface area contributed by atoms with Crippen LogP contribution in [-0.2, 0) is 12.8 Å². The zero-order chi connectivity index (χ0) is 33.5. The maximum absolute atomic E-state index is 12.2. The van der Waals surface area contributed by atoms with E-state index in [-0.39, 0.29) is 17.5 Å². The van der Waals surface area contributed by atoms with E-state index in [1.54, 1.807) is 58.5 Å². The molecular formula is C36H42N6O4. The van der Waals surface area contributed by atoms with Gasteiger partial charge in [-0.05, 0) is 94.7 Å². The molecule has 0 aliphatic heterocycles. The van der Waals surface area contributed by atoms with E-state index in [1.165, 1.54) is 12.3 Å². The minimum absolute atomic E-state index is 0.0383. The largest absolute Gasteiger partial charge is 0.399 e. The number of nitrogen functional groups attached to an aromatic ring is 1. The maximum Gasteiger partial charge on any atom is 0.276 e. The van der Waals surface area contributed by atoms with Gasteiger partial charge < -0.3 is 15.5 Å². The van der Waals surface area contributed by atoms with Crippen LogP contribution in [0.1, 0.15) is 70.9 Å². The Labute approximate surface area is 270 Å². The normalized spacial score (nSPS) is 10.6. The first-order valence-corrected chi connectivity index (χ1v) is 15.5. The molecule has 0 atom stereocenters. The van der Waals surface area contributed by atoms with Crippen LogP contribution in [0.4, 0.5) is 11.4 Å². The number of hydrogen-bond donors (Lipinski definition) is 1. The summed E-state index contributed by atoms with van der Waals surface area (Å²) in [5.41, 5.74) is 11.2. The second kappa shape index (κ2) is 17.8. The molecule has 240 valence electrons. The topological polar surface area (TPSA) is 136 Å². The minimum Gasteiger partial charge on any atom is -0.399 e. The lowest BCUT2D eigenvalue weighted by atomic mass is 10.1. The number of aryl methyl sites for hydroxylation is 2. The highest BCUT2D eigenvalue weighted by Crippen LogP contribution is 2.20. The first-order chi connectivity index (χ1) is 22.2. The molecule has 2 heterocycles. The van der Waals surface area contributed by atoms with E-state index < -0.39 is 4.92 Å². The van der Waals surface area contributed by atoms with Crippen molar-refractivity contribution in [3.8, 4) is 0 Å². The van der Waals surface area contributed by atoms with Crippen molar-refractivity contribution >= 4 is 35.3 Å². The van der Waals surface area contributed by atoms with Crippen LogP contribution in [-0.4, -0.2) is 62.7 Å². The van der Waals surface area contributed by atoms with E-state index in [4.69, 9.17) is 5.73 Å². The third-order valence-corrected chi connectivity index (χ3v) is 7.48. The van der Waals surface area contributed by atoms with E-state index in [0.29, 0.717) is 48.6 Å². The summed E-state index contributed by atoms with van der Waals surface area (Å²) in [6, 6.07) is 21.6. The molecular weight excluding hydrogens is 580 g/mol. The van der Waals surface area contributed by atoms with Gasteiger partial charge in [0, 0.05) is 56.0 Å². The van der Waals surface area contributed by atoms with Crippen molar-refractivity contribution in [3.63, 3.8) is 0 Å². The molecule has 0 saturated carbocycles. The van der Waals surface area contributed by atoms with Gasteiger partial charge in [0.2, 0.25) is 0 Å². The second-order valence-electron chi connectivity index (χ2n) is 10.3. The van der Waals surface area contributed by atoms with Crippen LogP contribution in [0.3, 0.4) is 0 Å². The van der Waals surface area contributed by atoms with Gasteiger partial charge in [-0.1, -0.05) is 30.3 Å². The average molecular weight is 623 g/mol. The van der Waals surface area contributed by atoms with E-state index in [2.05, 4.69) is 9.97 Å². The molecule has 2 amide bonds. The van der Waals surface area contributed by atoms with Gasteiger partial charge in [-0.3, -0.25) is 29.7 Å². The molecule has 0 radical (unpaired) electrons. The molecule has 10 heteroatoms. The van der Waals surface area contributed by atoms with Crippen LogP contribution in [0.15, 0.2) is 85.2 Å². The highest BCUT2D eigenvalue weighted by Gasteiger charge is 2.14. The summed E-state index contributed by atoms with van der Waals surface area (Å²) in [7, 11) is 0. The molecule has 2 aromatic heterocycles. The van der Waals surface area contributed by atoms with Gasteiger partial charge in [0.05, 0.1) is 27.3 Å². The Morgan fingerprint density at radius 1 is 0.739 bits per heavy atom. The Balaban J connectivity index is 0.000000251. The van der Waals surface area contributed by atoms with Gasteiger partial charge >= 0.3 is 0 Å². The van der Waals surface area contributed by atoms with E-state index in [0.717, 1.165) is 29.8 Å². The highest BCUT2D eigenvalue weighted by molar-refractivity contribution is 5.94. The molecule has 2 aromatic carbocycles. The van der Waals surface area contributed by atoms with Gasteiger partial charge in [0.15, 0.2) is 0 Å². The zero-order valence-electron chi connectivity index (χ0n) is 26.9. The number of benzene rings is 2. The van der Waals surface area contributed by atoms with Gasteiger partial charge in [-0.25, -0.2) is 0 Å². The van der Waals surface area contributed by atoms with Gasteiger partial charge in [-0.2, -0.15) is 0 Å². The number of carbonyl (C=O) groups excluding carboxylic acids is 2. The lowest BCUT2D eigenvalue weighted by molar-refractivity contribution is -0.385. The predicted molar refractivity (Wildman–Crippen MR) is 183 cm³/mol. The number of pyridine rings is 2. The molecule has 46 heavy (non-hydrogen) atoms. The summed E-state index contributed by atoms with van der Waals surface area (Å²) in [5, 5.41) is 11.0. The lowest BCUT2D eigenvalue weighted by Crippen LogP contribution is -2.30. The van der Waals surface area contributed by atoms with Crippen LogP contribution in [0, 0.1) is 10.1 Å². The fourth-order valence-corrected chi connectivity index (χ4v) is 4.71. The Kier molecular flexibility index (Phi) is 13.6. The Bertz CT molecular complexity index is 1610. The second-order valence-corrected chi connectivity index (χ2v) is 10.3. The number of nitrogens with zero attached hydrogens (tertiary/aromatic N) is 5. The summed E-state index contributed by atoms with van der Waals surface area (Å²) in [6.45, 7) is 10.5. The third-order valence-electron chi connectivity index (χ3n) is 7.48. The molecule has 0 bridgehead atoms. The molecule has 0 saturated heterocycles. The number of nitrogens with two attached hydrogens (primary N) is 1. The summed E-state index contributed by atoms with van der Waals surface area (Å²) in [6.07, 6.45) is 8.20. The van der Waals surface area contributed by atoms with Crippen LogP contribution in [0.5, 0.6) is 0 Å². The van der Waals surface area contributed by atoms with E-state index >= 15 is 0 Å². The minimum atomic E-state index is -0.418. The maximum atomic E-state index is 12.2. The van der Waals surface area contributed by atoms with E-state index in [9.17, 15) is 19.7 Å². The summed E-state index contributed by atoms with van der Waals surface area (Å²) < 4.78 is 0. The van der Waals surface area contributed by atoms with Crippen molar-refractivity contribution in [2.75, 3.05) is 31.9 Å². The molecule has 4 rings (SSSR count). The van der Waals surface area contributed by atoms with Gasteiger partial charge in [0.25, 0.3) is 17.5 Å². The quantitative estimate of drug-likeness (QED) is 0.107. The number of rotatable bonds is 12. The first-order valence-electron chi connectivity index (χ1n) is 15.5. The van der Waals surface area contributed by atoms with Crippen LogP contribution >= 0.6 is 0 Å². The molecule has 0 unspecified atom stereocenters. The number of amides is 2. The van der Waals surface area contributed by atoms with Crippen molar-refractivity contribution in [2.24, 2.45) is 0 Å². The van der Waals surface area contributed by atoms with Crippen molar-refractivity contribution in [2.45, 2.75) is 40.5 Å². The number of hydrogen-bond acceptors (Lipinski definition) is 7. The van der Waals surface area contributed by atoms with Gasteiger partial charge in [0.1, 0.15) is 0 Å². The summed E-state index contributed by atoms with van der Waals surface area (Å²) in [5.74, 6) is -0.0157. The SMILES string of the molecule is CCN(CC)C(=O)c1ccc(C=Cc2ccccc2[N+](=O)[O-])nc1.CCN(CC)C(=O)c1ccc(CCc2ccccc2N)nc1.